The van der Waals surface area contributed by atoms with Gasteiger partial charge in [0.05, 0.1) is 11.7 Å². The van der Waals surface area contributed by atoms with Gasteiger partial charge < -0.3 is 15.4 Å². The van der Waals surface area contributed by atoms with Gasteiger partial charge in [-0.05, 0) is 71.7 Å². The maximum absolute atomic E-state index is 13.3. The van der Waals surface area contributed by atoms with Crippen LogP contribution in [0.4, 0.5) is 10.5 Å². The standard InChI is InChI=1S/C30H28Cl2N8O3/c1-18-36-37-38-40(18)25-14-11-22(31)17-21(25)10-15-26(41)33-24(16-19-6-4-3-5-7-19)29-34-27(28(32)35-29)20-8-12-23(13-9-20)39(2)30(42)43/h3-9,11-14,17,24H,10,15-16H2,1-2H3,(H,33,41)(H,34,35)(H,42,43)/t24-/m0/s1. The van der Waals surface area contributed by atoms with Crippen LogP contribution in [0.25, 0.3) is 16.9 Å². The molecule has 13 heteroatoms. The number of nitrogens with one attached hydrogen (secondary N) is 2. The zero-order valence-corrected chi connectivity index (χ0v) is 24.8. The van der Waals surface area contributed by atoms with Gasteiger partial charge in [0.1, 0.15) is 16.7 Å². The van der Waals surface area contributed by atoms with Gasteiger partial charge >= 0.3 is 6.09 Å². The first kappa shape index (κ1) is 29.7. The van der Waals surface area contributed by atoms with E-state index in [1.165, 1.54) is 7.05 Å². The fourth-order valence-electron chi connectivity index (χ4n) is 4.67. The lowest BCUT2D eigenvalue weighted by atomic mass is 10.0. The number of benzene rings is 3. The van der Waals surface area contributed by atoms with E-state index in [0.29, 0.717) is 51.6 Å². The molecule has 0 unspecified atom stereocenters. The Kier molecular flexibility index (Phi) is 9.03. The molecule has 5 rings (SSSR count). The summed E-state index contributed by atoms with van der Waals surface area (Å²) in [7, 11) is 1.47. The fraction of sp³-hybridized carbons (Fsp3) is 0.200. The topological polar surface area (TPSA) is 142 Å². The highest BCUT2D eigenvalue weighted by Crippen LogP contribution is 2.30. The third-order valence-corrected chi connectivity index (χ3v) is 7.47. The van der Waals surface area contributed by atoms with E-state index in [1.54, 1.807) is 41.9 Å². The van der Waals surface area contributed by atoms with Crippen LogP contribution in [0, 0.1) is 6.92 Å². The van der Waals surface area contributed by atoms with Crippen LogP contribution in [0.15, 0.2) is 72.8 Å². The first-order chi connectivity index (χ1) is 20.7. The van der Waals surface area contributed by atoms with Crippen LogP contribution in [-0.2, 0) is 17.6 Å². The van der Waals surface area contributed by atoms with Crippen molar-refractivity contribution in [2.24, 2.45) is 0 Å². The zero-order valence-electron chi connectivity index (χ0n) is 23.3. The van der Waals surface area contributed by atoms with Gasteiger partial charge in [0.2, 0.25) is 5.91 Å². The molecule has 3 N–H and O–H groups in total. The zero-order chi connectivity index (χ0) is 30.5. The van der Waals surface area contributed by atoms with Crippen LogP contribution in [0.5, 0.6) is 0 Å². The number of carbonyl (C=O) groups is 2. The minimum absolute atomic E-state index is 0.180. The Morgan fingerprint density at radius 3 is 2.49 bits per heavy atom. The Morgan fingerprint density at radius 1 is 1.07 bits per heavy atom. The summed E-state index contributed by atoms with van der Waals surface area (Å²) in [4.78, 5) is 33.6. The minimum atomic E-state index is -1.07. The van der Waals surface area contributed by atoms with Crippen molar-refractivity contribution in [3.05, 3.63) is 106 Å². The highest BCUT2D eigenvalue weighted by molar-refractivity contribution is 6.32. The Balaban J connectivity index is 1.37. The Labute approximate surface area is 257 Å². The van der Waals surface area contributed by atoms with Crippen molar-refractivity contribution in [3.8, 4) is 16.9 Å². The molecule has 0 fully saturated rings. The van der Waals surface area contributed by atoms with Gasteiger partial charge in [0, 0.05) is 29.7 Å². The molecule has 5 aromatic rings. The van der Waals surface area contributed by atoms with Gasteiger partial charge in [0.25, 0.3) is 0 Å². The average Bonchev–Trinajstić information content (AvgIpc) is 3.61. The second-order valence-corrected chi connectivity index (χ2v) is 10.7. The van der Waals surface area contributed by atoms with Gasteiger partial charge in [0.15, 0.2) is 5.82 Å². The number of hydrogen-bond acceptors (Lipinski definition) is 6. The molecule has 1 atom stereocenters. The van der Waals surface area contributed by atoms with E-state index >= 15 is 0 Å². The second kappa shape index (κ2) is 13.1. The molecule has 0 bridgehead atoms. The molecule has 0 aliphatic carbocycles. The number of amides is 2. The second-order valence-electron chi connectivity index (χ2n) is 9.89. The Hall–Kier alpha value is -4.74. The molecular formula is C30H28Cl2N8O3. The van der Waals surface area contributed by atoms with Gasteiger partial charge in [-0.1, -0.05) is 65.7 Å². The molecule has 3 aromatic carbocycles. The summed E-state index contributed by atoms with van der Waals surface area (Å²) < 4.78 is 1.61. The number of carbonyl (C=O) groups excluding carboxylic acids is 1. The average molecular weight is 620 g/mol. The molecule has 2 aromatic heterocycles. The lowest BCUT2D eigenvalue weighted by Gasteiger charge is -2.18. The lowest BCUT2D eigenvalue weighted by Crippen LogP contribution is -2.31. The van der Waals surface area contributed by atoms with Crippen molar-refractivity contribution in [2.45, 2.75) is 32.2 Å². The van der Waals surface area contributed by atoms with Crippen LogP contribution in [-0.4, -0.2) is 54.3 Å². The van der Waals surface area contributed by atoms with Crippen molar-refractivity contribution >= 4 is 40.9 Å². The lowest BCUT2D eigenvalue weighted by molar-refractivity contribution is -0.121. The number of imidazole rings is 1. The smallest absolute Gasteiger partial charge is 0.411 e. The summed E-state index contributed by atoms with van der Waals surface area (Å²) in [5.41, 5.74) is 4.30. The molecule has 2 heterocycles. The van der Waals surface area contributed by atoms with Crippen molar-refractivity contribution in [1.82, 2.24) is 35.5 Å². The Morgan fingerprint density at radius 2 is 1.81 bits per heavy atom. The van der Waals surface area contributed by atoms with Crippen molar-refractivity contribution in [3.63, 3.8) is 0 Å². The number of tetrazole rings is 1. The maximum Gasteiger partial charge on any atom is 0.411 e. The number of anilines is 1. The summed E-state index contributed by atoms with van der Waals surface area (Å²) in [6.07, 6.45) is -0.00533. The van der Waals surface area contributed by atoms with E-state index in [2.05, 4.69) is 25.8 Å². The highest BCUT2D eigenvalue weighted by atomic mass is 35.5. The summed E-state index contributed by atoms with van der Waals surface area (Å²) in [6, 6.07) is 21.5. The quantitative estimate of drug-likeness (QED) is 0.179. The first-order valence-electron chi connectivity index (χ1n) is 13.4. The van der Waals surface area contributed by atoms with Gasteiger partial charge in [-0.15, -0.1) is 5.10 Å². The maximum atomic E-state index is 13.3. The molecule has 11 nitrogen and oxygen atoms in total. The molecule has 0 aliphatic heterocycles. The van der Waals surface area contributed by atoms with Crippen LogP contribution in [0.2, 0.25) is 10.2 Å². The number of aromatic amines is 1. The number of carboxylic acid groups (broad SMARTS) is 1. The van der Waals surface area contributed by atoms with E-state index in [1.807, 2.05) is 42.5 Å². The molecule has 0 spiro atoms. The molecular weight excluding hydrogens is 591 g/mol. The molecule has 0 saturated heterocycles. The third-order valence-electron chi connectivity index (χ3n) is 6.96. The van der Waals surface area contributed by atoms with Crippen LogP contribution in [0.1, 0.15) is 35.2 Å². The van der Waals surface area contributed by atoms with Gasteiger partial charge in [-0.25, -0.2) is 9.78 Å². The first-order valence-corrected chi connectivity index (χ1v) is 14.1. The minimum Gasteiger partial charge on any atom is -0.465 e. The van der Waals surface area contributed by atoms with Crippen molar-refractivity contribution in [1.29, 1.82) is 0 Å². The van der Waals surface area contributed by atoms with Crippen molar-refractivity contribution in [2.75, 3.05) is 11.9 Å². The Bertz CT molecular complexity index is 1740. The molecule has 0 radical (unpaired) electrons. The number of aromatic nitrogens is 6. The van der Waals surface area contributed by atoms with E-state index in [-0.39, 0.29) is 12.3 Å². The predicted molar refractivity (Wildman–Crippen MR) is 164 cm³/mol. The van der Waals surface area contributed by atoms with Crippen LogP contribution in [0.3, 0.4) is 0 Å². The van der Waals surface area contributed by atoms with E-state index in [4.69, 9.17) is 28.2 Å². The summed E-state index contributed by atoms with van der Waals surface area (Å²) in [6.45, 7) is 1.80. The molecule has 0 saturated carbocycles. The summed E-state index contributed by atoms with van der Waals surface area (Å²) in [5.74, 6) is 0.928. The monoisotopic (exact) mass is 618 g/mol. The molecule has 0 aliphatic rings. The van der Waals surface area contributed by atoms with E-state index in [9.17, 15) is 14.7 Å². The van der Waals surface area contributed by atoms with E-state index < -0.39 is 12.1 Å². The molecule has 220 valence electrons. The van der Waals surface area contributed by atoms with E-state index in [0.717, 1.165) is 21.7 Å². The predicted octanol–water partition coefficient (Wildman–Crippen LogP) is 5.81. The summed E-state index contributed by atoms with van der Waals surface area (Å²) >= 11 is 12.9. The van der Waals surface area contributed by atoms with Gasteiger partial charge in [-0.3, -0.25) is 9.69 Å². The fourth-order valence-corrected chi connectivity index (χ4v) is 5.12. The highest BCUT2D eigenvalue weighted by Gasteiger charge is 2.22. The molecule has 2 amide bonds. The van der Waals surface area contributed by atoms with Gasteiger partial charge in [-0.2, -0.15) is 4.68 Å². The third kappa shape index (κ3) is 7.02. The SMILES string of the molecule is Cc1nnnn1-c1ccc(Cl)cc1CCC(=O)N[C@@H](Cc1ccccc1)c1nc(-c2ccc(N(C)C(=O)O)cc2)c(Cl)[nH]1. The number of nitrogens with zero attached hydrogens (tertiary/aromatic N) is 6. The van der Waals surface area contributed by atoms with Crippen LogP contribution < -0.4 is 10.2 Å². The number of hydrogen-bond donors (Lipinski definition) is 3. The van der Waals surface area contributed by atoms with Crippen molar-refractivity contribution < 1.29 is 14.7 Å². The summed E-state index contributed by atoms with van der Waals surface area (Å²) in [5, 5.41) is 25.0. The number of aryl methyl sites for hydroxylation is 2. The number of rotatable bonds is 10. The van der Waals surface area contributed by atoms with Crippen LogP contribution >= 0.6 is 23.2 Å². The number of H-pyrrole nitrogens is 1. The normalized spacial score (nSPS) is 11.7. The molecule has 43 heavy (non-hydrogen) atoms. The largest absolute Gasteiger partial charge is 0.465 e. The number of halogens is 2.